The number of fused-ring (bicyclic) bond motifs is 1. The molecule has 4 rings (SSSR count). The summed E-state index contributed by atoms with van der Waals surface area (Å²) in [6.07, 6.45) is 0. The van der Waals surface area contributed by atoms with Gasteiger partial charge >= 0.3 is 0 Å². The van der Waals surface area contributed by atoms with Crippen LogP contribution in [0.25, 0.3) is 5.69 Å². The van der Waals surface area contributed by atoms with Gasteiger partial charge in [-0.3, -0.25) is 0 Å². The van der Waals surface area contributed by atoms with E-state index in [2.05, 4.69) is 0 Å². The summed E-state index contributed by atoms with van der Waals surface area (Å²) in [5.41, 5.74) is 3.89. The Labute approximate surface area is 167 Å². The van der Waals surface area contributed by atoms with E-state index in [0.29, 0.717) is 11.5 Å². The molecule has 144 valence electrons. The van der Waals surface area contributed by atoms with Gasteiger partial charge in [-0.15, -0.1) is 0 Å². The van der Waals surface area contributed by atoms with Crippen LogP contribution in [0.4, 0.5) is 5.82 Å². The molecule has 1 unspecified atom stereocenters. The molecule has 2 heterocycles. The van der Waals surface area contributed by atoms with Crippen LogP contribution in [-0.2, 0) is 0 Å². The topological polar surface area (TPSA) is 68.9 Å². The quantitative estimate of drug-likeness (QED) is 0.688. The summed E-state index contributed by atoms with van der Waals surface area (Å²) in [7, 11) is 3.06. The van der Waals surface area contributed by atoms with E-state index >= 15 is 0 Å². The Hall–Kier alpha value is -2.93. The summed E-state index contributed by atoms with van der Waals surface area (Å²) in [5.74, 6) is 1.59. The van der Waals surface area contributed by atoms with Gasteiger partial charge in [-0.1, -0.05) is 30.0 Å². The summed E-state index contributed by atoms with van der Waals surface area (Å²) in [6.45, 7) is 3.99. The minimum atomic E-state index is -0.0339. The van der Waals surface area contributed by atoms with Crippen LogP contribution in [0.15, 0.2) is 47.5 Å². The number of hydrogen-bond acceptors (Lipinski definition) is 6. The van der Waals surface area contributed by atoms with E-state index in [-0.39, 0.29) is 11.0 Å². The summed E-state index contributed by atoms with van der Waals surface area (Å²) in [5, 5.41) is 15.9. The highest BCUT2D eigenvalue weighted by Gasteiger charge is 2.31. The Bertz CT molecular complexity index is 1040. The van der Waals surface area contributed by atoms with E-state index in [0.717, 1.165) is 33.4 Å². The maximum absolute atomic E-state index is 10.3. The highest BCUT2D eigenvalue weighted by Crippen LogP contribution is 2.50. The van der Waals surface area contributed by atoms with Gasteiger partial charge in [-0.05, 0) is 43.7 Å². The third-order valence-electron chi connectivity index (χ3n) is 4.70. The smallest absolute Gasteiger partial charge is 0.200 e. The molecule has 0 spiro atoms. The number of aryl methyl sites for hydroxylation is 1. The molecule has 0 saturated heterocycles. The molecule has 0 aliphatic carbocycles. The van der Waals surface area contributed by atoms with Crippen molar-refractivity contribution in [2.75, 3.05) is 14.2 Å². The fourth-order valence-corrected chi connectivity index (χ4v) is 4.54. The monoisotopic (exact) mass is 395 g/mol. The highest BCUT2D eigenvalue weighted by molar-refractivity contribution is 8.14. The second-order valence-electron chi connectivity index (χ2n) is 6.47. The lowest BCUT2D eigenvalue weighted by atomic mass is 10.0. The van der Waals surface area contributed by atoms with Crippen molar-refractivity contribution in [1.29, 1.82) is 0 Å². The van der Waals surface area contributed by atoms with Crippen molar-refractivity contribution in [3.05, 3.63) is 59.3 Å². The lowest BCUT2D eigenvalue weighted by Crippen LogP contribution is -2.07. The first-order valence-electron chi connectivity index (χ1n) is 8.85. The first-order valence-corrected chi connectivity index (χ1v) is 9.73. The number of ether oxygens (including phenoxy) is 2. The van der Waals surface area contributed by atoms with Gasteiger partial charge in [0, 0.05) is 5.56 Å². The molecule has 0 amide bonds. The van der Waals surface area contributed by atoms with Crippen LogP contribution in [0.5, 0.6) is 17.2 Å². The molecule has 0 saturated carbocycles. The summed E-state index contributed by atoms with van der Waals surface area (Å²) >= 11 is 1.65. The molecule has 3 aromatic rings. The summed E-state index contributed by atoms with van der Waals surface area (Å²) in [4.78, 5) is 4.79. The van der Waals surface area contributed by atoms with Crippen LogP contribution in [0.1, 0.15) is 29.0 Å². The lowest BCUT2D eigenvalue weighted by Gasteiger charge is -2.23. The van der Waals surface area contributed by atoms with E-state index in [1.54, 1.807) is 11.8 Å². The van der Waals surface area contributed by atoms with Crippen molar-refractivity contribution in [2.24, 2.45) is 4.99 Å². The summed E-state index contributed by atoms with van der Waals surface area (Å²) < 4.78 is 12.6. The van der Waals surface area contributed by atoms with Crippen LogP contribution in [0.2, 0.25) is 0 Å². The second kappa shape index (κ2) is 7.24. The predicted octanol–water partition coefficient (Wildman–Crippen LogP) is 4.79. The Balaban J connectivity index is 1.90. The Morgan fingerprint density at radius 3 is 2.29 bits per heavy atom. The number of thioether (sulfide) groups is 1. The molecule has 2 aromatic carbocycles. The van der Waals surface area contributed by atoms with Crippen LogP contribution in [0.3, 0.4) is 0 Å². The molecule has 6 nitrogen and oxygen atoms in total. The number of benzene rings is 2. The zero-order chi connectivity index (χ0) is 19.8. The van der Waals surface area contributed by atoms with Crippen LogP contribution in [-0.4, -0.2) is 34.2 Å². The number of aromatic nitrogens is 2. The zero-order valence-corrected chi connectivity index (χ0v) is 16.9. The number of methoxy groups -OCH3 is 2. The van der Waals surface area contributed by atoms with Gasteiger partial charge in [0.15, 0.2) is 17.3 Å². The lowest BCUT2D eigenvalue weighted by molar-refractivity contribution is 0.339. The van der Waals surface area contributed by atoms with Crippen molar-refractivity contribution in [3.63, 3.8) is 0 Å². The number of phenolic OH excluding ortho intramolecular Hbond substituents is 1. The van der Waals surface area contributed by atoms with Gasteiger partial charge < -0.3 is 14.6 Å². The summed E-state index contributed by atoms with van der Waals surface area (Å²) in [6, 6.07) is 13.7. The molecular weight excluding hydrogens is 374 g/mol. The zero-order valence-electron chi connectivity index (χ0n) is 16.1. The van der Waals surface area contributed by atoms with E-state index in [9.17, 15) is 5.11 Å². The minimum Gasteiger partial charge on any atom is -0.502 e. The van der Waals surface area contributed by atoms with E-state index in [1.807, 2.05) is 61.0 Å². The number of aromatic hydroxyl groups is 1. The van der Waals surface area contributed by atoms with E-state index < -0.39 is 0 Å². The molecule has 0 bridgehead atoms. The molecule has 1 atom stereocenters. The molecule has 0 fully saturated rings. The Morgan fingerprint density at radius 1 is 1.04 bits per heavy atom. The molecule has 7 heteroatoms. The first-order chi connectivity index (χ1) is 13.5. The standard InChI is InChI=1S/C21H21N3O3S/c1-12-18-20(14-10-16(26-3)19(25)17(11-14)27-4)28-13(2)22-21(18)24(23-12)15-8-6-5-7-9-15/h5-11,20,25H,1-4H3. The molecule has 1 aliphatic rings. The highest BCUT2D eigenvalue weighted by atomic mass is 32.2. The molecule has 1 aromatic heterocycles. The van der Waals surface area contributed by atoms with Crippen molar-refractivity contribution >= 4 is 22.6 Å². The van der Waals surface area contributed by atoms with Crippen molar-refractivity contribution < 1.29 is 14.6 Å². The number of para-hydroxylation sites is 1. The van der Waals surface area contributed by atoms with Gasteiger partial charge in [0.2, 0.25) is 5.75 Å². The number of aliphatic imine (C=N–C) groups is 1. The van der Waals surface area contributed by atoms with E-state index in [1.165, 1.54) is 14.2 Å². The number of rotatable bonds is 4. The largest absolute Gasteiger partial charge is 0.502 e. The Kier molecular flexibility index (Phi) is 4.77. The normalized spacial score (nSPS) is 15.7. The van der Waals surface area contributed by atoms with E-state index in [4.69, 9.17) is 19.6 Å². The van der Waals surface area contributed by atoms with Gasteiger partial charge in [0.25, 0.3) is 0 Å². The number of nitrogens with zero attached hydrogens (tertiary/aromatic N) is 3. The van der Waals surface area contributed by atoms with Gasteiger partial charge in [-0.25, -0.2) is 9.67 Å². The molecule has 1 aliphatic heterocycles. The first kappa shape index (κ1) is 18.4. The van der Waals surface area contributed by atoms with Crippen molar-refractivity contribution in [2.45, 2.75) is 19.1 Å². The second-order valence-corrected chi connectivity index (χ2v) is 7.77. The molecule has 28 heavy (non-hydrogen) atoms. The Morgan fingerprint density at radius 2 is 1.68 bits per heavy atom. The van der Waals surface area contributed by atoms with Crippen molar-refractivity contribution in [3.8, 4) is 22.9 Å². The fraction of sp³-hybridized carbons (Fsp3) is 0.238. The third-order valence-corrected chi connectivity index (χ3v) is 5.88. The molecule has 0 radical (unpaired) electrons. The average Bonchev–Trinajstić information content (AvgIpc) is 3.04. The third kappa shape index (κ3) is 3.01. The maximum Gasteiger partial charge on any atom is 0.200 e. The van der Waals surface area contributed by atoms with Crippen LogP contribution in [0, 0.1) is 6.92 Å². The maximum atomic E-state index is 10.3. The van der Waals surface area contributed by atoms with Crippen LogP contribution >= 0.6 is 11.8 Å². The number of hydrogen-bond donors (Lipinski definition) is 1. The van der Waals surface area contributed by atoms with Gasteiger partial charge in [0.05, 0.1) is 35.9 Å². The molecule has 1 N–H and O–H groups in total. The SMILES string of the molecule is COc1cc(C2SC(C)=Nc3c2c(C)nn3-c2ccccc2)cc(OC)c1O. The molecular formula is C21H21N3O3S. The number of phenols is 1. The minimum absolute atomic E-state index is 0.00289. The van der Waals surface area contributed by atoms with Crippen molar-refractivity contribution in [1.82, 2.24) is 9.78 Å². The average molecular weight is 395 g/mol. The van der Waals surface area contributed by atoms with Gasteiger partial charge in [0.1, 0.15) is 0 Å². The predicted molar refractivity (Wildman–Crippen MR) is 112 cm³/mol. The van der Waals surface area contributed by atoms with Gasteiger partial charge in [-0.2, -0.15) is 5.10 Å². The van der Waals surface area contributed by atoms with Crippen LogP contribution < -0.4 is 9.47 Å². The fourth-order valence-electron chi connectivity index (χ4n) is 3.40.